The number of anilines is 1. The van der Waals surface area contributed by atoms with Gasteiger partial charge in [-0.05, 0) is 48.7 Å². The molecule has 29 heavy (non-hydrogen) atoms. The Kier molecular flexibility index (Phi) is 4.15. The van der Waals surface area contributed by atoms with E-state index in [9.17, 15) is 13.2 Å². The number of hydrogen-bond donors (Lipinski definition) is 0. The van der Waals surface area contributed by atoms with Crippen LogP contribution in [-0.4, -0.2) is 35.9 Å². The van der Waals surface area contributed by atoms with Crippen LogP contribution in [0.25, 0.3) is 10.9 Å². The fourth-order valence-corrected chi connectivity index (χ4v) is 5.26. The third-order valence-corrected chi connectivity index (χ3v) is 7.38. The molecule has 3 aromatic rings. The van der Waals surface area contributed by atoms with Crippen molar-refractivity contribution in [3.8, 4) is 0 Å². The van der Waals surface area contributed by atoms with E-state index >= 15 is 0 Å². The van der Waals surface area contributed by atoms with Crippen LogP contribution in [0.15, 0.2) is 47.2 Å². The summed E-state index contributed by atoms with van der Waals surface area (Å²) < 4.78 is 26.6. The summed E-state index contributed by atoms with van der Waals surface area (Å²) in [4.78, 5) is 19.3. The van der Waals surface area contributed by atoms with Gasteiger partial charge in [0.2, 0.25) is 5.91 Å². The number of aromatic nitrogens is 2. The molecular weight excluding hydrogens is 454 g/mol. The summed E-state index contributed by atoms with van der Waals surface area (Å²) in [5, 5.41) is 1.02. The maximum atomic E-state index is 13.2. The van der Waals surface area contributed by atoms with Gasteiger partial charge < -0.3 is 9.47 Å². The van der Waals surface area contributed by atoms with Crippen LogP contribution in [0, 0.1) is 0 Å². The van der Waals surface area contributed by atoms with Crippen molar-refractivity contribution in [3.63, 3.8) is 0 Å². The molecular formula is C21H20BrN3O3S. The summed E-state index contributed by atoms with van der Waals surface area (Å²) in [6.07, 6.45) is 6.52. The lowest BCUT2D eigenvalue weighted by Gasteiger charge is -2.19. The summed E-state index contributed by atoms with van der Waals surface area (Å²) in [5.74, 6) is 0.178. The second-order valence-electron chi connectivity index (χ2n) is 7.99. The first kappa shape index (κ1) is 18.8. The summed E-state index contributed by atoms with van der Waals surface area (Å²) in [6, 6.07) is 9.94. The number of sulfone groups is 1. The maximum Gasteiger partial charge on any atom is 0.238 e. The van der Waals surface area contributed by atoms with Crippen molar-refractivity contribution in [2.75, 3.05) is 16.9 Å². The topological polar surface area (TPSA) is 72.3 Å². The van der Waals surface area contributed by atoms with Crippen LogP contribution < -0.4 is 4.90 Å². The average molecular weight is 474 g/mol. The summed E-state index contributed by atoms with van der Waals surface area (Å²) >= 11 is 3.50. The third kappa shape index (κ3) is 3.09. The molecule has 150 valence electrons. The summed E-state index contributed by atoms with van der Waals surface area (Å²) in [5.41, 5.74) is 3.45. The highest BCUT2D eigenvalue weighted by atomic mass is 79.9. The molecule has 2 aromatic heterocycles. The summed E-state index contributed by atoms with van der Waals surface area (Å²) in [6.45, 7) is 0.752. The number of aryl methyl sites for hydroxylation is 1. The highest BCUT2D eigenvalue weighted by Crippen LogP contribution is 2.57. The van der Waals surface area contributed by atoms with Crippen molar-refractivity contribution in [2.24, 2.45) is 0 Å². The number of benzene rings is 1. The van der Waals surface area contributed by atoms with E-state index in [1.807, 2.05) is 39.8 Å². The molecule has 1 fully saturated rings. The number of amides is 1. The molecule has 6 nitrogen and oxygen atoms in total. The zero-order valence-electron chi connectivity index (χ0n) is 15.9. The molecule has 1 aromatic carbocycles. The van der Waals surface area contributed by atoms with Gasteiger partial charge >= 0.3 is 0 Å². The van der Waals surface area contributed by atoms with Crippen LogP contribution >= 0.6 is 15.9 Å². The van der Waals surface area contributed by atoms with E-state index in [2.05, 4.69) is 20.9 Å². The maximum absolute atomic E-state index is 13.2. The third-order valence-electron chi connectivity index (χ3n) is 5.97. The first-order valence-electron chi connectivity index (χ1n) is 9.50. The number of carbonyl (C=O) groups is 1. The monoisotopic (exact) mass is 473 g/mol. The highest BCUT2D eigenvalue weighted by Gasteiger charge is 2.59. The van der Waals surface area contributed by atoms with Crippen molar-refractivity contribution >= 4 is 48.3 Å². The molecule has 1 aliphatic carbocycles. The Bertz CT molecular complexity index is 1260. The summed E-state index contributed by atoms with van der Waals surface area (Å²) in [7, 11) is -3.11. The van der Waals surface area contributed by atoms with Crippen LogP contribution in [0.3, 0.4) is 0 Å². The minimum absolute atomic E-state index is 0.0515. The second-order valence-corrected chi connectivity index (χ2v) is 11.2. The largest absolute Gasteiger partial charge is 0.342 e. The molecule has 0 N–H and O–H groups in total. The predicted molar refractivity (Wildman–Crippen MR) is 116 cm³/mol. The van der Waals surface area contributed by atoms with Crippen molar-refractivity contribution in [1.82, 2.24) is 9.55 Å². The smallest absolute Gasteiger partial charge is 0.238 e. The van der Waals surface area contributed by atoms with Crippen LogP contribution in [-0.2, 0) is 33.1 Å². The van der Waals surface area contributed by atoms with Crippen LogP contribution in [0.1, 0.15) is 24.1 Å². The fourth-order valence-electron chi connectivity index (χ4n) is 4.37. The highest BCUT2D eigenvalue weighted by molar-refractivity contribution is 9.10. The molecule has 0 radical (unpaired) electrons. The molecule has 0 bridgehead atoms. The number of rotatable bonds is 5. The molecule has 1 amide bonds. The molecule has 0 unspecified atom stereocenters. The first-order chi connectivity index (χ1) is 13.8. The number of nitrogens with zero attached hydrogens (tertiary/aromatic N) is 3. The Morgan fingerprint density at radius 1 is 1.21 bits per heavy atom. The van der Waals surface area contributed by atoms with Gasteiger partial charge in [-0.3, -0.25) is 9.78 Å². The van der Waals surface area contributed by atoms with E-state index in [0.29, 0.717) is 13.1 Å². The van der Waals surface area contributed by atoms with E-state index in [4.69, 9.17) is 0 Å². The predicted octanol–water partition coefficient (Wildman–Crippen LogP) is 3.42. The zero-order chi connectivity index (χ0) is 20.4. The molecule has 2 aliphatic rings. The molecule has 3 heterocycles. The van der Waals surface area contributed by atoms with Gasteiger partial charge in [0.1, 0.15) is 9.84 Å². The minimum Gasteiger partial charge on any atom is -0.342 e. The molecule has 0 saturated heterocycles. The van der Waals surface area contributed by atoms with Gasteiger partial charge in [-0.2, -0.15) is 0 Å². The van der Waals surface area contributed by atoms with E-state index in [1.165, 1.54) is 6.26 Å². The Morgan fingerprint density at radius 3 is 2.72 bits per heavy atom. The molecule has 5 rings (SSSR count). The number of pyridine rings is 1. The van der Waals surface area contributed by atoms with Crippen molar-refractivity contribution < 1.29 is 13.2 Å². The van der Waals surface area contributed by atoms with E-state index in [1.54, 1.807) is 12.4 Å². The molecule has 0 atom stereocenters. The lowest BCUT2D eigenvalue weighted by Crippen LogP contribution is -2.32. The fraction of sp³-hybridized carbons (Fsp3) is 0.333. The van der Waals surface area contributed by atoms with Gasteiger partial charge in [-0.1, -0.05) is 15.9 Å². The Morgan fingerprint density at radius 2 is 2.00 bits per heavy atom. The van der Waals surface area contributed by atoms with Crippen molar-refractivity contribution in [2.45, 2.75) is 31.3 Å². The second kappa shape index (κ2) is 6.40. The first-order valence-corrected chi connectivity index (χ1v) is 12.4. The molecule has 8 heteroatoms. The van der Waals surface area contributed by atoms with Crippen molar-refractivity contribution in [1.29, 1.82) is 0 Å². The van der Waals surface area contributed by atoms with Gasteiger partial charge in [0.05, 0.1) is 29.6 Å². The zero-order valence-corrected chi connectivity index (χ0v) is 18.3. The Hall–Kier alpha value is -2.19. The van der Waals surface area contributed by atoms with Gasteiger partial charge in [0.25, 0.3) is 0 Å². The number of fused-ring (bicyclic) bond motifs is 3. The van der Waals surface area contributed by atoms with E-state index in [-0.39, 0.29) is 17.1 Å². The van der Waals surface area contributed by atoms with E-state index < -0.39 is 9.84 Å². The van der Waals surface area contributed by atoms with Crippen LogP contribution in [0.5, 0.6) is 0 Å². The quantitative estimate of drug-likeness (QED) is 0.568. The standard InChI is InChI=1S/C21H20BrN3O3S/c1-29(27,28)9-8-24-16(11-14-10-15(22)2-3-18(14)24)13-25-19-12-23-7-4-17(19)21(5-6-21)20(25)26/h2-4,7,10-12H,5-6,8-9,13H2,1H3. The number of hydrogen-bond acceptors (Lipinski definition) is 4. The van der Waals surface area contributed by atoms with Crippen molar-refractivity contribution in [3.05, 3.63) is 58.5 Å². The lowest BCUT2D eigenvalue weighted by molar-refractivity contribution is -0.120. The Labute approximate surface area is 177 Å². The number of halogens is 1. The van der Waals surface area contributed by atoms with Gasteiger partial charge in [0, 0.05) is 40.1 Å². The van der Waals surface area contributed by atoms with Crippen LogP contribution in [0.2, 0.25) is 0 Å². The number of carbonyl (C=O) groups excluding carboxylic acids is 1. The molecule has 1 aliphatic heterocycles. The van der Waals surface area contributed by atoms with Gasteiger partial charge in [-0.15, -0.1) is 0 Å². The van der Waals surface area contributed by atoms with Gasteiger partial charge in [-0.25, -0.2) is 8.42 Å². The molecule has 1 spiro atoms. The van der Waals surface area contributed by atoms with E-state index in [0.717, 1.165) is 45.2 Å². The van der Waals surface area contributed by atoms with Gasteiger partial charge in [0.15, 0.2) is 0 Å². The average Bonchev–Trinajstić information content (AvgIpc) is 3.36. The lowest BCUT2D eigenvalue weighted by atomic mass is 9.99. The Balaban J connectivity index is 1.58. The SMILES string of the molecule is CS(=O)(=O)CCn1c(CN2C(=O)C3(CC3)c3ccncc32)cc2cc(Br)ccc21. The van der Waals surface area contributed by atoms with Crippen LogP contribution in [0.4, 0.5) is 5.69 Å². The molecule has 1 saturated carbocycles. The normalized spacial score (nSPS) is 17.3. The minimum atomic E-state index is -3.11.